The van der Waals surface area contributed by atoms with Gasteiger partial charge in [-0.1, -0.05) is 50.5 Å². The lowest BCUT2D eigenvalue weighted by atomic mass is 9.89. The molecule has 1 fully saturated rings. The van der Waals surface area contributed by atoms with E-state index in [1.807, 2.05) is 12.2 Å². The number of unbranched alkanes of at least 4 members (excludes halogenated alkanes) is 2. The molecule has 1 amide bonds. The van der Waals surface area contributed by atoms with Crippen LogP contribution in [-0.2, 0) is 15.2 Å². The van der Waals surface area contributed by atoms with Crippen molar-refractivity contribution >= 4 is 33.9 Å². The van der Waals surface area contributed by atoms with E-state index in [4.69, 9.17) is 29.0 Å². The molecule has 0 unspecified atom stereocenters. The highest BCUT2D eigenvalue weighted by Crippen LogP contribution is 2.36. The van der Waals surface area contributed by atoms with E-state index in [1.165, 1.54) is 6.07 Å². The SMILES string of the molecule is CCCCC[C@H](O)/C=C/[C@@H]1[C@@H](C/C=C/CC(=O)Nc2cc(N)nc(N)n2)[C@@H](O)C[C@H]1O.O=S(=O)(O)O. The Hall–Kier alpha value is -2.62. The number of rotatable bonds is 11. The molecule has 1 aromatic heterocycles. The predicted octanol–water partition coefficient (Wildman–Crippen LogP) is 1.12. The third-order valence-corrected chi connectivity index (χ3v) is 5.48. The van der Waals surface area contributed by atoms with Crippen molar-refractivity contribution in [1.82, 2.24) is 9.97 Å². The van der Waals surface area contributed by atoms with Crippen LogP contribution >= 0.6 is 0 Å². The first-order chi connectivity index (χ1) is 16.8. The van der Waals surface area contributed by atoms with E-state index in [-0.39, 0.29) is 41.7 Å². The number of nitrogens with one attached hydrogen (secondary N) is 1. The summed E-state index contributed by atoms with van der Waals surface area (Å²) in [6.45, 7) is 2.11. The lowest BCUT2D eigenvalue weighted by Gasteiger charge is -2.19. The van der Waals surface area contributed by atoms with Crippen LogP contribution in [0.4, 0.5) is 17.6 Å². The third-order valence-electron chi connectivity index (χ3n) is 5.48. The van der Waals surface area contributed by atoms with Crippen molar-refractivity contribution in [2.75, 3.05) is 16.8 Å². The van der Waals surface area contributed by atoms with Gasteiger partial charge in [0.15, 0.2) is 0 Å². The number of hydrogen-bond donors (Lipinski definition) is 8. The van der Waals surface area contributed by atoms with Crippen molar-refractivity contribution in [3.8, 4) is 0 Å². The molecule has 0 saturated heterocycles. The fourth-order valence-corrected chi connectivity index (χ4v) is 3.85. The van der Waals surface area contributed by atoms with Crippen LogP contribution in [0, 0.1) is 11.8 Å². The van der Waals surface area contributed by atoms with Gasteiger partial charge < -0.3 is 32.1 Å². The van der Waals surface area contributed by atoms with Crippen molar-refractivity contribution in [3.05, 3.63) is 30.4 Å². The summed E-state index contributed by atoms with van der Waals surface area (Å²) in [6, 6.07) is 1.42. The maximum absolute atomic E-state index is 12.1. The van der Waals surface area contributed by atoms with Gasteiger partial charge in [-0.2, -0.15) is 18.4 Å². The predicted molar refractivity (Wildman–Crippen MR) is 135 cm³/mol. The molecule has 1 heterocycles. The second-order valence-electron chi connectivity index (χ2n) is 8.50. The number of anilines is 3. The summed E-state index contributed by atoms with van der Waals surface area (Å²) in [4.78, 5) is 19.7. The van der Waals surface area contributed by atoms with Crippen LogP contribution in [0.3, 0.4) is 0 Å². The highest BCUT2D eigenvalue weighted by molar-refractivity contribution is 7.79. The highest BCUT2D eigenvalue weighted by Gasteiger charge is 2.39. The molecule has 204 valence electrons. The fourth-order valence-electron chi connectivity index (χ4n) is 3.85. The summed E-state index contributed by atoms with van der Waals surface area (Å²) in [7, 11) is -4.67. The molecule has 0 aromatic carbocycles. The molecule has 1 aromatic rings. The Balaban J connectivity index is 0.00000118. The molecule has 5 atom stereocenters. The van der Waals surface area contributed by atoms with Gasteiger partial charge in [-0.15, -0.1) is 0 Å². The van der Waals surface area contributed by atoms with Crippen molar-refractivity contribution < 1.29 is 37.6 Å². The monoisotopic (exact) mass is 531 g/mol. The number of carbonyl (C=O) groups excluding carboxylic acids is 1. The maximum atomic E-state index is 12.1. The second kappa shape index (κ2) is 15.5. The summed E-state index contributed by atoms with van der Waals surface area (Å²) in [5.41, 5.74) is 11.1. The summed E-state index contributed by atoms with van der Waals surface area (Å²) < 4.78 is 31.6. The standard InChI is InChI=1S/C22H35N5O4.H2O4S/c1-2-3-4-7-14(28)10-11-16-15(17(29)12-18(16)30)8-5-6-9-21(31)26-20-13-19(23)25-22(24)27-20;1-5(2,3)4/h5-6,10-11,13-18,28-30H,2-4,7-9,12H2,1H3,(H5,23,24,25,26,27,31);(H2,1,2,3,4)/b6-5+,11-10+;/t14-,15+,16+,17-,18+;/m0./s1. The van der Waals surface area contributed by atoms with E-state index in [1.54, 1.807) is 12.2 Å². The highest BCUT2D eigenvalue weighted by atomic mass is 32.3. The number of nitrogen functional groups attached to an aromatic ring is 2. The van der Waals surface area contributed by atoms with Crippen LogP contribution in [0.5, 0.6) is 0 Å². The van der Waals surface area contributed by atoms with Gasteiger partial charge in [0.25, 0.3) is 0 Å². The molecule has 0 spiro atoms. The second-order valence-corrected chi connectivity index (χ2v) is 9.40. The van der Waals surface area contributed by atoms with Crippen molar-refractivity contribution in [2.45, 2.75) is 70.2 Å². The van der Waals surface area contributed by atoms with Gasteiger partial charge in [0, 0.05) is 24.8 Å². The number of amides is 1. The van der Waals surface area contributed by atoms with Gasteiger partial charge in [-0.05, 0) is 18.8 Å². The van der Waals surface area contributed by atoms with Crippen LogP contribution in [0.2, 0.25) is 0 Å². The Morgan fingerprint density at radius 1 is 1.19 bits per heavy atom. The lowest BCUT2D eigenvalue weighted by molar-refractivity contribution is -0.115. The van der Waals surface area contributed by atoms with E-state index in [0.717, 1.165) is 19.3 Å². The first-order valence-electron chi connectivity index (χ1n) is 11.6. The van der Waals surface area contributed by atoms with Gasteiger partial charge in [0.05, 0.1) is 18.3 Å². The molecule has 10 N–H and O–H groups in total. The van der Waals surface area contributed by atoms with Crippen molar-refractivity contribution in [2.24, 2.45) is 11.8 Å². The number of carbonyl (C=O) groups is 1. The molecule has 1 aliphatic carbocycles. The van der Waals surface area contributed by atoms with E-state index < -0.39 is 28.7 Å². The molecule has 36 heavy (non-hydrogen) atoms. The fraction of sp³-hybridized carbons (Fsp3) is 0.591. The van der Waals surface area contributed by atoms with Crippen molar-refractivity contribution in [3.63, 3.8) is 0 Å². The number of allylic oxidation sites excluding steroid dienone is 1. The van der Waals surface area contributed by atoms with Crippen LogP contribution in [0.1, 0.15) is 51.9 Å². The minimum atomic E-state index is -4.67. The molecule has 1 saturated carbocycles. The number of nitrogens with two attached hydrogens (primary N) is 2. The molecule has 0 radical (unpaired) electrons. The molecule has 14 heteroatoms. The zero-order chi connectivity index (χ0) is 27.3. The molecule has 2 rings (SSSR count). The van der Waals surface area contributed by atoms with E-state index in [0.29, 0.717) is 19.3 Å². The molecule has 13 nitrogen and oxygen atoms in total. The Kier molecular flexibility index (Phi) is 13.5. The van der Waals surface area contributed by atoms with E-state index in [9.17, 15) is 20.1 Å². The Morgan fingerprint density at radius 2 is 1.86 bits per heavy atom. The zero-order valence-electron chi connectivity index (χ0n) is 20.1. The van der Waals surface area contributed by atoms with Crippen LogP contribution in [-0.4, -0.2) is 67.0 Å². The van der Waals surface area contributed by atoms with Gasteiger partial charge in [-0.3, -0.25) is 13.9 Å². The lowest BCUT2D eigenvalue weighted by Crippen LogP contribution is -2.20. The average Bonchev–Trinajstić information content (AvgIpc) is 3.00. The number of hydrogen-bond acceptors (Lipinski definition) is 10. The smallest absolute Gasteiger partial charge is 0.393 e. The van der Waals surface area contributed by atoms with Gasteiger partial charge in [0.2, 0.25) is 11.9 Å². The summed E-state index contributed by atoms with van der Waals surface area (Å²) in [5, 5.41) is 33.3. The van der Waals surface area contributed by atoms with Gasteiger partial charge in [-0.25, -0.2) is 0 Å². The molecular weight excluding hydrogens is 494 g/mol. The Labute approximate surface area is 210 Å². The molecular formula is C22H37N5O8S. The average molecular weight is 532 g/mol. The molecule has 0 bridgehead atoms. The molecule has 1 aliphatic rings. The number of aromatic nitrogens is 2. The normalized spacial score (nSPS) is 22.9. The topological polar surface area (TPSA) is 242 Å². The Morgan fingerprint density at radius 3 is 2.47 bits per heavy atom. The first kappa shape index (κ1) is 31.4. The first-order valence-corrected chi connectivity index (χ1v) is 13.0. The maximum Gasteiger partial charge on any atom is 0.394 e. The number of nitrogens with zero attached hydrogens (tertiary/aromatic N) is 2. The number of aliphatic hydroxyl groups is 3. The minimum absolute atomic E-state index is 0.0193. The van der Waals surface area contributed by atoms with Crippen molar-refractivity contribution in [1.29, 1.82) is 0 Å². The largest absolute Gasteiger partial charge is 0.394 e. The summed E-state index contributed by atoms with van der Waals surface area (Å²) in [6.07, 6.45) is 10.0. The Bertz CT molecular complexity index is 960. The quantitative estimate of drug-likeness (QED) is 0.114. The van der Waals surface area contributed by atoms with Gasteiger partial charge >= 0.3 is 10.4 Å². The van der Waals surface area contributed by atoms with Crippen LogP contribution in [0.25, 0.3) is 0 Å². The number of aliphatic hydroxyl groups excluding tert-OH is 3. The molecule has 0 aliphatic heterocycles. The zero-order valence-corrected chi connectivity index (χ0v) is 21.0. The van der Waals surface area contributed by atoms with E-state index >= 15 is 0 Å². The summed E-state index contributed by atoms with van der Waals surface area (Å²) in [5.74, 6) is -0.306. The van der Waals surface area contributed by atoms with Gasteiger partial charge in [0.1, 0.15) is 11.6 Å². The van der Waals surface area contributed by atoms with Crippen LogP contribution in [0.15, 0.2) is 30.4 Å². The summed E-state index contributed by atoms with van der Waals surface area (Å²) >= 11 is 0. The van der Waals surface area contributed by atoms with E-state index in [2.05, 4.69) is 22.2 Å². The third kappa shape index (κ3) is 13.5. The minimum Gasteiger partial charge on any atom is -0.393 e. The van der Waals surface area contributed by atoms with Crippen LogP contribution < -0.4 is 16.8 Å².